The molecule has 0 aliphatic carbocycles. The summed E-state index contributed by atoms with van der Waals surface area (Å²) in [4.78, 5) is 33.1. The van der Waals surface area contributed by atoms with Crippen LogP contribution in [0, 0.1) is 0 Å². The number of aromatic nitrogens is 3. The van der Waals surface area contributed by atoms with Crippen LogP contribution in [0.25, 0.3) is 10.9 Å². The first-order chi connectivity index (χ1) is 12.6. The second kappa shape index (κ2) is 8.09. The van der Waals surface area contributed by atoms with Gasteiger partial charge in [0, 0.05) is 23.6 Å². The number of ether oxygens (including phenoxy) is 1. The minimum Gasteiger partial charge on any atom is -0.476 e. The summed E-state index contributed by atoms with van der Waals surface area (Å²) in [5.74, 6) is 0.137. The maximum absolute atomic E-state index is 12.5. The van der Waals surface area contributed by atoms with Gasteiger partial charge in [0.25, 0.3) is 5.56 Å². The van der Waals surface area contributed by atoms with Crippen LogP contribution in [0.4, 0.5) is 5.69 Å². The average Bonchev–Trinajstić information content (AvgIpc) is 2.63. The SMILES string of the molecule is CCOc1ncccc1NC(=O)CCn1cnc2ccc(Br)cc2c1=O. The molecule has 0 bridgehead atoms. The van der Waals surface area contributed by atoms with Gasteiger partial charge < -0.3 is 10.1 Å². The van der Waals surface area contributed by atoms with Crippen molar-refractivity contribution in [3.63, 3.8) is 0 Å². The van der Waals surface area contributed by atoms with Crippen LogP contribution in [0.3, 0.4) is 0 Å². The van der Waals surface area contributed by atoms with E-state index in [0.29, 0.717) is 29.1 Å². The second-order valence-electron chi connectivity index (χ2n) is 5.49. The van der Waals surface area contributed by atoms with Crippen LogP contribution in [0.2, 0.25) is 0 Å². The maximum atomic E-state index is 12.5. The van der Waals surface area contributed by atoms with Crippen LogP contribution in [0.1, 0.15) is 13.3 Å². The normalized spacial score (nSPS) is 10.7. The lowest BCUT2D eigenvalue weighted by atomic mass is 10.2. The molecule has 1 aromatic carbocycles. The van der Waals surface area contributed by atoms with Gasteiger partial charge in [0.2, 0.25) is 11.8 Å². The maximum Gasteiger partial charge on any atom is 0.261 e. The first-order valence-corrected chi connectivity index (χ1v) is 8.90. The van der Waals surface area contributed by atoms with Gasteiger partial charge in [-0.25, -0.2) is 9.97 Å². The van der Waals surface area contributed by atoms with Crippen molar-refractivity contribution >= 4 is 38.4 Å². The minimum atomic E-state index is -0.236. The van der Waals surface area contributed by atoms with Gasteiger partial charge in [0.15, 0.2) is 0 Å². The molecular weight excluding hydrogens is 400 g/mol. The third-order valence-corrected chi connectivity index (χ3v) is 4.19. The lowest BCUT2D eigenvalue weighted by Crippen LogP contribution is -2.23. The Kier molecular flexibility index (Phi) is 5.62. The summed E-state index contributed by atoms with van der Waals surface area (Å²) < 4.78 is 7.62. The van der Waals surface area contributed by atoms with Gasteiger partial charge in [-0.15, -0.1) is 0 Å². The van der Waals surface area contributed by atoms with E-state index in [1.807, 2.05) is 13.0 Å². The number of benzene rings is 1. The molecule has 134 valence electrons. The third kappa shape index (κ3) is 4.08. The highest BCUT2D eigenvalue weighted by molar-refractivity contribution is 9.10. The number of pyridine rings is 1. The molecule has 0 spiro atoms. The second-order valence-corrected chi connectivity index (χ2v) is 6.41. The highest BCUT2D eigenvalue weighted by atomic mass is 79.9. The average molecular weight is 417 g/mol. The fourth-order valence-corrected chi connectivity index (χ4v) is 2.82. The van der Waals surface area contributed by atoms with Gasteiger partial charge in [-0.3, -0.25) is 14.2 Å². The molecule has 0 aliphatic rings. The topological polar surface area (TPSA) is 86.1 Å². The van der Waals surface area contributed by atoms with Gasteiger partial charge in [0.1, 0.15) is 5.69 Å². The zero-order valence-corrected chi connectivity index (χ0v) is 15.7. The molecule has 0 fully saturated rings. The number of amides is 1. The van der Waals surface area contributed by atoms with E-state index in [9.17, 15) is 9.59 Å². The molecule has 2 aromatic heterocycles. The Hall–Kier alpha value is -2.74. The zero-order valence-electron chi connectivity index (χ0n) is 14.1. The fraction of sp³-hybridized carbons (Fsp3) is 0.222. The Morgan fingerprint density at radius 1 is 1.31 bits per heavy atom. The van der Waals surface area contributed by atoms with Crippen molar-refractivity contribution in [2.24, 2.45) is 0 Å². The van der Waals surface area contributed by atoms with Crippen molar-refractivity contribution in [1.29, 1.82) is 0 Å². The van der Waals surface area contributed by atoms with Gasteiger partial charge in [-0.2, -0.15) is 0 Å². The predicted molar refractivity (Wildman–Crippen MR) is 102 cm³/mol. The van der Waals surface area contributed by atoms with Crippen LogP contribution in [-0.2, 0) is 11.3 Å². The largest absolute Gasteiger partial charge is 0.476 e. The molecule has 1 N–H and O–H groups in total. The summed E-state index contributed by atoms with van der Waals surface area (Å²) in [6.45, 7) is 2.52. The molecule has 3 rings (SSSR count). The van der Waals surface area contributed by atoms with Crippen molar-refractivity contribution in [2.45, 2.75) is 19.9 Å². The van der Waals surface area contributed by atoms with Crippen molar-refractivity contribution < 1.29 is 9.53 Å². The number of carbonyl (C=O) groups excluding carboxylic acids is 1. The molecule has 1 amide bonds. The molecule has 3 aromatic rings. The number of hydrogen-bond donors (Lipinski definition) is 1. The highest BCUT2D eigenvalue weighted by Crippen LogP contribution is 2.20. The highest BCUT2D eigenvalue weighted by Gasteiger charge is 2.10. The number of hydrogen-bond acceptors (Lipinski definition) is 5. The first-order valence-electron chi connectivity index (χ1n) is 8.11. The number of fused-ring (bicyclic) bond motifs is 1. The number of rotatable bonds is 6. The summed E-state index contributed by atoms with van der Waals surface area (Å²) in [7, 11) is 0. The Morgan fingerprint density at radius 2 is 2.15 bits per heavy atom. The van der Waals surface area contributed by atoms with E-state index in [0.717, 1.165) is 4.47 Å². The Morgan fingerprint density at radius 3 is 2.96 bits per heavy atom. The first kappa shape index (κ1) is 18.1. The zero-order chi connectivity index (χ0) is 18.5. The van der Waals surface area contributed by atoms with Crippen molar-refractivity contribution in [3.8, 4) is 5.88 Å². The van der Waals surface area contributed by atoms with E-state index in [1.54, 1.807) is 30.5 Å². The summed E-state index contributed by atoms with van der Waals surface area (Å²) in [5.41, 5.74) is 0.948. The molecule has 0 saturated carbocycles. The molecule has 8 heteroatoms. The summed E-state index contributed by atoms with van der Waals surface area (Å²) in [6, 6.07) is 8.77. The molecule has 0 atom stereocenters. The number of carbonyl (C=O) groups is 1. The van der Waals surface area contributed by atoms with Gasteiger partial charge >= 0.3 is 0 Å². The predicted octanol–water partition coefficient (Wildman–Crippen LogP) is 2.98. The van der Waals surface area contributed by atoms with Gasteiger partial charge in [-0.1, -0.05) is 15.9 Å². The van der Waals surface area contributed by atoms with E-state index in [2.05, 4.69) is 31.2 Å². The van der Waals surface area contributed by atoms with Gasteiger partial charge in [-0.05, 0) is 37.3 Å². The van der Waals surface area contributed by atoms with Crippen LogP contribution < -0.4 is 15.6 Å². The van der Waals surface area contributed by atoms with Gasteiger partial charge in [0.05, 0.1) is 23.8 Å². The standard InChI is InChI=1S/C18H17BrN4O3/c1-2-26-17-15(4-3-8-20-17)22-16(24)7-9-23-11-21-14-6-5-12(19)10-13(14)18(23)25/h3-6,8,10-11H,2,7,9H2,1H3,(H,22,24). The molecule has 0 saturated heterocycles. The van der Waals surface area contributed by atoms with Crippen LogP contribution in [0.15, 0.2) is 52.1 Å². The molecule has 0 radical (unpaired) electrons. The summed E-state index contributed by atoms with van der Waals surface area (Å²) in [5, 5.41) is 3.27. The van der Waals surface area contributed by atoms with Crippen molar-refractivity contribution in [1.82, 2.24) is 14.5 Å². The van der Waals surface area contributed by atoms with E-state index in [-0.39, 0.29) is 24.4 Å². The quantitative estimate of drug-likeness (QED) is 0.667. The molecule has 0 aliphatic heterocycles. The number of halogens is 1. The number of nitrogens with one attached hydrogen (secondary N) is 1. The number of aryl methyl sites for hydroxylation is 1. The van der Waals surface area contributed by atoms with E-state index in [4.69, 9.17) is 4.74 Å². The summed E-state index contributed by atoms with van der Waals surface area (Å²) in [6.07, 6.45) is 3.18. The van der Waals surface area contributed by atoms with E-state index in [1.165, 1.54) is 10.9 Å². The molecule has 7 nitrogen and oxygen atoms in total. The number of anilines is 1. The molecular formula is C18H17BrN4O3. The Bertz CT molecular complexity index is 1000. The van der Waals surface area contributed by atoms with Crippen molar-refractivity contribution in [3.05, 3.63) is 57.7 Å². The van der Waals surface area contributed by atoms with Crippen LogP contribution >= 0.6 is 15.9 Å². The molecule has 2 heterocycles. The lowest BCUT2D eigenvalue weighted by Gasteiger charge is -2.10. The summed E-state index contributed by atoms with van der Waals surface area (Å²) >= 11 is 3.35. The van der Waals surface area contributed by atoms with E-state index < -0.39 is 0 Å². The minimum absolute atomic E-state index is 0.127. The van der Waals surface area contributed by atoms with E-state index >= 15 is 0 Å². The molecule has 0 unspecified atom stereocenters. The smallest absolute Gasteiger partial charge is 0.261 e. The third-order valence-electron chi connectivity index (χ3n) is 3.69. The lowest BCUT2D eigenvalue weighted by molar-refractivity contribution is -0.116. The van der Waals surface area contributed by atoms with Crippen LogP contribution in [0.5, 0.6) is 5.88 Å². The van der Waals surface area contributed by atoms with Crippen molar-refractivity contribution in [2.75, 3.05) is 11.9 Å². The fourth-order valence-electron chi connectivity index (χ4n) is 2.46. The monoisotopic (exact) mass is 416 g/mol. The Labute approximate surface area is 158 Å². The Balaban J connectivity index is 1.71. The molecule has 26 heavy (non-hydrogen) atoms. The number of nitrogens with zero attached hydrogens (tertiary/aromatic N) is 3. The van der Waals surface area contributed by atoms with Crippen LogP contribution in [-0.4, -0.2) is 27.0 Å².